The summed E-state index contributed by atoms with van der Waals surface area (Å²) in [6.07, 6.45) is 4.15. The lowest BCUT2D eigenvalue weighted by molar-refractivity contribution is -0.148. The van der Waals surface area contributed by atoms with Crippen molar-refractivity contribution in [2.24, 2.45) is 11.8 Å². The zero-order chi connectivity index (χ0) is 17.8. The van der Waals surface area contributed by atoms with Crippen LogP contribution in [-0.4, -0.2) is 76.9 Å². The van der Waals surface area contributed by atoms with Crippen LogP contribution in [0.5, 0.6) is 0 Å². The van der Waals surface area contributed by atoms with E-state index in [1.165, 1.54) is 0 Å². The molecule has 4 aliphatic heterocycles. The van der Waals surface area contributed by atoms with Gasteiger partial charge in [-0.15, -0.1) is 0 Å². The van der Waals surface area contributed by atoms with Crippen LogP contribution in [0.15, 0.2) is 12.2 Å². The van der Waals surface area contributed by atoms with E-state index in [4.69, 9.17) is 9.47 Å². The molecule has 0 saturated carbocycles. The van der Waals surface area contributed by atoms with E-state index >= 15 is 0 Å². The molecule has 0 unspecified atom stereocenters. The van der Waals surface area contributed by atoms with Gasteiger partial charge in [0.25, 0.3) is 0 Å². The molecule has 4 rings (SSSR count). The van der Waals surface area contributed by atoms with Crippen molar-refractivity contribution in [3.63, 3.8) is 0 Å². The van der Waals surface area contributed by atoms with Crippen LogP contribution in [0.4, 0.5) is 4.79 Å². The van der Waals surface area contributed by atoms with Crippen molar-refractivity contribution < 1.29 is 29.0 Å². The molecule has 2 bridgehead atoms. The van der Waals surface area contributed by atoms with Crippen molar-refractivity contribution in [2.75, 3.05) is 26.2 Å². The predicted octanol–water partition coefficient (Wildman–Crippen LogP) is 0.474. The average molecular weight is 350 g/mol. The highest BCUT2D eigenvalue weighted by molar-refractivity contribution is 5.91. The van der Waals surface area contributed by atoms with Gasteiger partial charge in [0.2, 0.25) is 5.91 Å². The van der Waals surface area contributed by atoms with Crippen molar-refractivity contribution in [2.45, 2.75) is 37.5 Å². The molecule has 1 spiro atoms. The molecule has 0 aromatic heterocycles. The van der Waals surface area contributed by atoms with E-state index in [0.29, 0.717) is 39.1 Å². The number of carbonyl (C=O) groups is 3. The minimum atomic E-state index is -0.978. The molecule has 4 aliphatic rings. The average Bonchev–Trinajstić information content (AvgIpc) is 3.23. The second kappa shape index (κ2) is 5.72. The van der Waals surface area contributed by atoms with Crippen molar-refractivity contribution in [1.82, 2.24) is 9.80 Å². The van der Waals surface area contributed by atoms with Crippen LogP contribution < -0.4 is 0 Å². The largest absolute Gasteiger partial charge is 0.481 e. The lowest BCUT2D eigenvalue weighted by atomic mass is 9.77. The Balaban J connectivity index is 1.46. The molecule has 8 heteroatoms. The maximum absolute atomic E-state index is 12.9. The Bertz CT molecular complexity index is 641. The van der Waals surface area contributed by atoms with Crippen molar-refractivity contribution in [3.8, 4) is 0 Å². The van der Waals surface area contributed by atoms with E-state index in [2.05, 4.69) is 0 Å². The lowest BCUT2D eigenvalue weighted by Crippen LogP contribution is -2.48. The highest BCUT2D eigenvalue weighted by Gasteiger charge is 2.67. The summed E-state index contributed by atoms with van der Waals surface area (Å²) in [5.74, 6) is -2.55. The number of likely N-dealkylation sites (tertiary alicyclic amines) is 2. The number of nitrogens with zero attached hydrogens (tertiary/aromatic N) is 2. The molecule has 8 nitrogen and oxygen atoms in total. The van der Waals surface area contributed by atoms with Crippen LogP contribution in [0.2, 0.25) is 0 Å². The van der Waals surface area contributed by atoms with Gasteiger partial charge in [-0.05, 0) is 19.8 Å². The fourth-order valence-corrected chi connectivity index (χ4v) is 4.69. The zero-order valence-electron chi connectivity index (χ0n) is 14.1. The summed E-state index contributed by atoms with van der Waals surface area (Å²) in [6.45, 7) is 3.58. The number of fused-ring (bicyclic) bond motifs is 1. The van der Waals surface area contributed by atoms with Crippen molar-refractivity contribution >= 4 is 18.0 Å². The molecule has 2 amide bonds. The topological polar surface area (TPSA) is 96.4 Å². The van der Waals surface area contributed by atoms with Crippen LogP contribution in [0.1, 0.15) is 19.8 Å². The SMILES string of the molecule is CCOC(=O)N1CCC(N2C[C@@]34C=C[C@@H](O3)[C@H](C(=O)O)[C@H]4C2=O)CC1. The third kappa shape index (κ3) is 2.34. The lowest BCUT2D eigenvalue weighted by Gasteiger charge is -2.37. The van der Waals surface area contributed by atoms with Gasteiger partial charge >= 0.3 is 12.1 Å². The van der Waals surface area contributed by atoms with Crippen molar-refractivity contribution in [1.29, 1.82) is 0 Å². The third-order valence-corrected chi connectivity index (χ3v) is 5.85. The maximum atomic E-state index is 12.9. The Kier molecular flexibility index (Phi) is 3.75. The molecule has 3 fully saturated rings. The van der Waals surface area contributed by atoms with E-state index in [0.717, 1.165) is 0 Å². The van der Waals surface area contributed by atoms with Crippen LogP contribution in [0.25, 0.3) is 0 Å². The van der Waals surface area contributed by atoms with Gasteiger partial charge in [0, 0.05) is 19.1 Å². The maximum Gasteiger partial charge on any atom is 0.409 e. The number of carbonyl (C=O) groups excluding carboxylic acids is 2. The van der Waals surface area contributed by atoms with Gasteiger partial charge in [0.15, 0.2) is 0 Å². The number of amides is 2. The number of piperidine rings is 1. The standard InChI is InChI=1S/C17H22N2O6/c1-2-24-16(23)18-7-4-10(5-8-18)19-9-17-6-3-11(25-17)12(15(21)22)13(17)14(19)20/h3,6,10-13H,2,4-5,7-9H2,1H3,(H,21,22)/t11-,12+,13+,17-/m1/s1. The quantitative estimate of drug-likeness (QED) is 0.744. The smallest absolute Gasteiger partial charge is 0.409 e. The normalized spacial score (nSPS) is 36.8. The molecule has 25 heavy (non-hydrogen) atoms. The van der Waals surface area contributed by atoms with E-state index in [1.54, 1.807) is 22.8 Å². The van der Waals surface area contributed by atoms with Gasteiger partial charge in [-0.1, -0.05) is 12.2 Å². The molecule has 3 saturated heterocycles. The summed E-state index contributed by atoms with van der Waals surface area (Å²) in [4.78, 5) is 39.8. The molecule has 1 N–H and O–H groups in total. The number of rotatable bonds is 3. The highest BCUT2D eigenvalue weighted by Crippen LogP contribution is 2.52. The Hall–Kier alpha value is -2.09. The summed E-state index contributed by atoms with van der Waals surface area (Å²) < 4.78 is 10.9. The van der Waals surface area contributed by atoms with Gasteiger partial charge in [-0.2, -0.15) is 0 Å². The molecular weight excluding hydrogens is 328 g/mol. The monoisotopic (exact) mass is 350 g/mol. The summed E-state index contributed by atoms with van der Waals surface area (Å²) in [5.41, 5.74) is -0.789. The summed E-state index contributed by atoms with van der Waals surface area (Å²) in [5, 5.41) is 9.50. The molecule has 4 atom stereocenters. The number of hydrogen-bond donors (Lipinski definition) is 1. The Morgan fingerprint density at radius 2 is 2.12 bits per heavy atom. The Labute approximate surface area is 145 Å². The molecule has 0 aromatic carbocycles. The van der Waals surface area contributed by atoms with Crippen LogP contribution in [0, 0.1) is 11.8 Å². The first kappa shape index (κ1) is 16.4. The third-order valence-electron chi connectivity index (χ3n) is 5.85. The minimum absolute atomic E-state index is 0.00338. The van der Waals surface area contributed by atoms with Gasteiger partial charge in [-0.25, -0.2) is 4.79 Å². The Morgan fingerprint density at radius 3 is 2.76 bits per heavy atom. The molecule has 136 valence electrons. The fraction of sp³-hybridized carbons (Fsp3) is 0.706. The zero-order valence-corrected chi connectivity index (χ0v) is 14.1. The van der Waals surface area contributed by atoms with E-state index in [1.807, 2.05) is 6.08 Å². The highest BCUT2D eigenvalue weighted by atomic mass is 16.6. The second-order valence-corrected chi connectivity index (χ2v) is 7.12. The minimum Gasteiger partial charge on any atom is -0.481 e. The van der Waals surface area contributed by atoms with Gasteiger partial charge in [0.05, 0.1) is 25.2 Å². The molecule has 0 aliphatic carbocycles. The summed E-state index contributed by atoms with van der Waals surface area (Å²) in [7, 11) is 0. The predicted molar refractivity (Wildman–Crippen MR) is 84.7 cm³/mol. The molecule has 4 heterocycles. The fourth-order valence-electron chi connectivity index (χ4n) is 4.69. The summed E-state index contributed by atoms with van der Waals surface area (Å²) >= 11 is 0. The van der Waals surface area contributed by atoms with Crippen LogP contribution >= 0.6 is 0 Å². The molecule has 0 radical (unpaired) electrons. The van der Waals surface area contributed by atoms with Gasteiger partial charge in [-0.3, -0.25) is 9.59 Å². The number of ether oxygens (including phenoxy) is 2. The second-order valence-electron chi connectivity index (χ2n) is 7.12. The first-order valence-corrected chi connectivity index (χ1v) is 8.79. The Morgan fingerprint density at radius 1 is 1.40 bits per heavy atom. The number of hydrogen-bond acceptors (Lipinski definition) is 5. The number of aliphatic carboxylic acids is 1. The van der Waals surface area contributed by atoms with E-state index in [9.17, 15) is 19.5 Å². The van der Waals surface area contributed by atoms with Crippen LogP contribution in [0.3, 0.4) is 0 Å². The van der Waals surface area contributed by atoms with E-state index in [-0.39, 0.29) is 18.0 Å². The first-order chi connectivity index (χ1) is 12.0. The first-order valence-electron chi connectivity index (χ1n) is 8.79. The van der Waals surface area contributed by atoms with Crippen molar-refractivity contribution in [3.05, 3.63) is 12.2 Å². The van der Waals surface area contributed by atoms with Gasteiger partial charge in [0.1, 0.15) is 11.5 Å². The summed E-state index contributed by atoms with van der Waals surface area (Å²) in [6, 6.07) is 0.00338. The molecule has 0 aromatic rings. The molecular formula is C17H22N2O6. The van der Waals surface area contributed by atoms with Gasteiger partial charge < -0.3 is 24.4 Å². The van der Waals surface area contributed by atoms with E-state index < -0.39 is 29.5 Å². The number of carboxylic acid groups (broad SMARTS) is 1. The number of carboxylic acids is 1. The van der Waals surface area contributed by atoms with Crippen LogP contribution in [-0.2, 0) is 19.1 Å².